The Morgan fingerprint density at radius 2 is 2.12 bits per heavy atom. The van der Waals surface area contributed by atoms with Gasteiger partial charge in [0, 0.05) is 19.2 Å². The smallest absolute Gasteiger partial charge is 0.131 e. The summed E-state index contributed by atoms with van der Waals surface area (Å²) in [4.78, 5) is 6.83. The van der Waals surface area contributed by atoms with Crippen molar-refractivity contribution in [2.24, 2.45) is 10.7 Å². The molecule has 0 atom stereocenters. The van der Waals surface area contributed by atoms with Crippen molar-refractivity contribution in [3.8, 4) is 0 Å². The Morgan fingerprint density at radius 1 is 1.29 bits per heavy atom. The molecule has 0 fully saturated rings. The van der Waals surface area contributed by atoms with Gasteiger partial charge in [0.2, 0.25) is 0 Å². The maximum atomic E-state index is 5.54. The van der Waals surface area contributed by atoms with Crippen LogP contribution in [0, 0.1) is 0 Å². The van der Waals surface area contributed by atoms with Gasteiger partial charge in [0.15, 0.2) is 0 Å². The van der Waals surface area contributed by atoms with Crippen LogP contribution in [0.3, 0.4) is 0 Å². The maximum absolute atomic E-state index is 5.54. The van der Waals surface area contributed by atoms with Crippen LogP contribution in [0.5, 0.6) is 0 Å². The summed E-state index contributed by atoms with van der Waals surface area (Å²) in [5.74, 6) is 1.15. The van der Waals surface area contributed by atoms with Crippen molar-refractivity contribution in [1.29, 1.82) is 0 Å². The molecular formula is C14H21N3. The second kappa shape index (κ2) is 5.82. The Kier molecular flexibility index (Phi) is 4.15. The molecule has 0 amide bonds. The molecule has 92 valence electrons. The second-order valence-corrected chi connectivity index (χ2v) is 4.53. The van der Waals surface area contributed by atoms with Gasteiger partial charge in [-0.1, -0.05) is 24.3 Å². The lowest BCUT2D eigenvalue weighted by Gasteiger charge is -2.16. The maximum Gasteiger partial charge on any atom is 0.131 e. The van der Waals surface area contributed by atoms with Crippen LogP contribution < -0.4 is 5.73 Å². The number of aryl methyl sites for hydroxylation is 1. The van der Waals surface area contributed by atoms with Gasteiger partial charge in [0.05, 0.1) is 6.54 Å². The number of amidine groups is 1. The third-order valence-corrected chi connectivity index (χ3v) is 3.22. The van der Waals surface area contributed by atoms with Crippen LogP contribution in [0.4, 0.5) is 0 Å². The molecule has 1 aliphatic rings. The van der Waals surface area contributed by atoms with E-state index in [0.717, 1.165) is 44.7 Å². The highest BCUT2D eigenvalue weighted by molar-refractivity contribution is 6.00. The zero-order chi connectivity index (χ0) is 12.1. The predicted molar refractivity (Wildman–Crippen MR) is 72.5 cm³/mol. The monoisotopic (exact) mass is 231 g/mol. The van der Waals surface area contributed by atoms with E-state index in [4.69, 9.17) is 5.73 Å². The molecular weight excluding hydrogens is 210 g/mol. The highest BCUT2D eigenvalue weighted by Crippen LogP contribution is 2.16. The molecule has 0 aliphatic carbocycles. The molecule has 0 aromatic heterocycles. The molecule has 17 heavy (non-hydrogen) atoms. The molecule has 0 saturated carbocycles. The molecule has 2 N–H and O–H groups in total. The predicted octanol–water partition coefficient (Wildman–Crippen LogP) is 1.66. The van der Waals surface area contributed by atoms with Crippen LogP contribution in [0.15, 0.2) is 29.3 Å². The summed E-state index contributed by atoms with van der Waals surface area (Å²) in [7, 11) is 2.11. The zero-order valence-corrected chi connectivity index (χ0v) is 10.5. The Morgan fingerprint density at radius 3 is 2.82 bits per heavy atom. The van der Waals surface area contributed by atoms with Crippen LogP contribution >= 0.6 is 0 Å². The molecule has 1 aromatic rings. The number of rotatable bonds is 5. The fourth-order valence-corrected chi connectivity index (χ4v) is 2.24. The molecule has 0 radical (unpaired) electrons. The minimum Gasteiger partial charge on any atom is -0.358 e. The van der Waals surface area contributed by atoms with Crippen molar-refractivity contribution in [3.63, 3.8) is 0 Å². The fraction of sp³-hybridized carbons (Fsp3) is 0.500. The van der Waals surface area contributed by atoms with E-state index >= 15 is 0 Å². The number of benzene rings is 1. The number of hydrogen-bond acceptors (Lipinski definition) is 3. The highest BCUT2D eigenvalue weighted by Gasteiger charge is 2.16. The zero-order valence-electron chi connectivity index (χ0n) is 10.5. The second-order valence-electron chi connectivity index (χ2n) is 4.53. The first-order valence-corrected chi connectivity index (χ1v) is 6.37. The van der Waals surface area contributed by atoms with Crippen LogP contribution in [-0.2, 0) is 6.42 Å². The quantitative estimate of drug-likeness (QED) is 0.783. The van der Waals surface area contributed by atoms with Gasteiger partial charge in [-0.05, 0) is 31.4 Å². The van der Waals surface area contributed by atoms with Gasteiger partial charge < -0.3 is 10.6 Å². The molecule has 0 spiro atoms. The van der Waals surface area contributed by atoms with Crippen LogP contribution in [0.2, 0.25) is 0 Å². The lowest BCUT2D eigenvalue weighted by molar-refractivity contribution is 0.556. The number of hydrogen-bond donors (Lipinski definition) is 1. The summed E-state index contributed by atoms with van der Waals surface area (Å²) in [6.07, 6.45) is 3.35. The van der Waals surface area contributed by atoms with E-state index in [2.05, 4.69) is 41.2 Å². The SMILES string of the molecule is CN1CCN=C1c1ccccc1CCCCN. The van der Waals surface area contributed by atoms with Crippen molar-refractivity contribution >= 4 is 5.84 Å². The lowest BCUT2D eigenvalue weighted by atomic mass is 10.0. The van der Waals surface area contributed by atoms with Crippen molar-refractivity contribution < 1.29 is 0 Å². The lowest BCUT2D eigenvalue weighted by Crippen LogP contribution is -2.24. The van der Waals surface area contributed by atoms with Crippen molar-refractivity contribution in [2.75, 3.05) is 26.7 Å². The Balaban J connectivity index is 2.15. The fourth-order valence-electron chi connectivity index (χ4n) is 2.24. The van der Waals surface area contributed by atoms with Gasteiger partial charge in [-0.3, -0.25) is 4.99 Å². The van der Waals surface area contributed by atoms with Crippen molar-refractivity contribution in [1.82, 2.24) is 4.90 Å². The Labute approximate surface area is 103 Å². The van der Waals surface area contributed by atoms with Crippen LogP contribution in [0.25, 0.3) is 0 Å². The van der Waals surface area contributed by atoms with Crippen LogP contribution in [-0.4, -0.2) is 37.4 Å². The largest absolute Gasteiger partial charge is 0.358 e. The average Bonchev–Trinajstić information content (AvgIpc) is 2.76. The Hall–Kier alpha value is -1.35. The molecule has 3 heteroatoms. The van der Waals surface area contributed by atoms with Crippen molar-refractivity contribution in [3.05, 3.63) is 35.4 Å². The first-order chi connectivity index (χ1) is 8.33. The molecule has 1 heterocycles. The molecule has 0 saturated heterocycles. The van der Waals surface area contributed by atoms with Gasteiger partial charge in [0.25, 0.3) is 0 Å². The Bertz CT molecular complexity index is 398. The minimum atomic E-state index is 0.781. The molecule has 2 rings (SSSR count). The summed E-state index contributed by atoms with van der Waals surface area (Å²) in [6, 6.07) is 8.59. The summed E-state index contributed by atoms with van der Waals surface area (Å²) in [5, 5.41) is 0. The van der Waals surface area contributed by atoms with Gasteiger partial charge in [-0.15, -0.1) is 0 Å². The first-order valence-electron chi connectivity index (χ1n) is 6.37. The van der Waals surface area contributed by atoms with Gasteiger partial charge >= 0.3 is 0 Å². The summed E-state index contributed by atoms with van der Waals surface area (Å²) in [6.45, 7) is 2.73. The normalized spacial score (nSPS) is 15.2. The number of nitrogens with two attached hydrogens (primary N) is 1. The number of aliphatic imine (C=N–C) groups is 1. The van der Waals surface area contributed by atoms with Crippen molar-refractivity contribution in [2.45, 2.75) is 19.3 Å². The standard InChI is InChI=1S/C14H21N3/c1-17-11-10-16-14(17)13-8-3-2-6-12(13)7-4-5-9-15/h2-3,6,8H,4-5,7,9-11,15H2,1H3. The molecule has 1 aliphatic heterocycles. The van der Waals surface area contributed by atoms with E-state index in [0.29, 0.717) is 0 Å². The minimum absolute atomic E-state index is 0.781. The van der Waals surface area contributed by atoms with E-state index in [9.17, 15) is 0 Å². The number of unbranched alkanes of at least 4 members (excludes halogenated alkanes) is 1. The summed E-state index contributed by atoms with van der Waals surface area (Å²) >= 11 is 0. The van der Waals surface area contributed by atoms with E-state index in [1.807, 2.05) is 0 Å². The molecule has 0 bridgehead atoms. The first kappa shape index (κ1) is 12.1. The van der Waals surface area contributed by atoms with E-state index < -0.39 is 0 Å². The summed E-state index contributed by atoms with van der Waals surface area (Å²) in [5.41, 5.74) is 8.24. The van der Waals surface area contributed by atoms with Gasteiger partial charge in [0.1, 0.15) is 5.84 Å². The molecule has 0 unspecified atom stereocenters. The van der Waals surface area contributed by atoms with E-state index in [1.165, 1.54) is 11.1 Å². The third kappa shape index (κ3) is 2.86. The molecule has 1 aromatic carbocycles. The third-order valence-electron chi connectivity index (χ3n) is 3.22. The highest BCUT2D eigenvalue weighted by atomic mass is 15.2. The molecule has 3 nitrogen and oxygen atoms in total. The van der Waals surface area contributed by atoms with Gasteiger partial charge in [-0.25, -0.2) is 0 Å². The topological polar surface area (TPSA) is 41.6 Å². The van der Waals surface area contributed by atoms with Crippen LogP contribution in [0.1, 0.15) is 24.0 Å². The average molecular weight is 231 g/mol. The van der Waals surface area contributed by atoms with Gasteiger partial charge in [-0.2, -0.15) is 0 Å². The summed E-state index contributed by atoms with van der Waals surface area (Å²) < 4.78 is 0. The number of likely N-dealkylation sites (N-methyl/N-ethyl adjacent to an activating group) is 1. The van der Waals surface area contributed by atoms with E-state index in [-0.39, 0.29) is 0 Å². The van der Waals surface area contributed by atoms with E-state index in [1.54, 1.807) is 0 Å². The number of nitrogens with zero attached hydrogens (tertiary/aromatic N) is 2.